The molecule has 0 saturated carbocycles. The fraction of sp³-hybridized carbons (Fsp3) is 0.619. The summed E-state index contributed by atoms with van der Waals surface area (Å²) in [7, 11) is 0. The number of thiophene rings is 2. The minimum atomic E-state index is 0.676. The molecule has 0 unspecified atom stereocenters. The molecule has 0 atom stereocenters. The van der Waals surface area contributed by atoms with Crippen molar-refractivity contribution in [3.8, 4) is 11.5 Å². The number of hydrogen-bond donors (Lipinski definition) is 0. The van der Waals surface area contributed by atoms with Gasteiger partial charge in [-0.3, -0.25) is 9.80 Å². The maximum absolute atomic E-state index is 6.04. The first-order chi connectivity index (χ1) is 14.4. The van der Waals surface area contributed by atoms with Crippen molar-refractivity contribution in [3.63, 3.8) is 0 Å². The van der Waals surface area contributed by atoms with Crippen LogP contribution in [0.25, 0.3) is 0 Å². The molecule has 4 heterocycles. The molecular formula is C21H30N2O4S2. The molecule has 0 N–H and O–H groups in total. The van der Waals surface area contributed by atoms with Gasteiger partial charge in [0.2, 0.25) is 0 Å². The Balaban J connectivity index is 1.16. The molecule has 0 amide bonds. The van der Waals surface area contributed by atoms with Crippen LogP contribution in [0.2, 0.25) is 0 Å². The van der Waals surface area contributed by atoms with Gasteiger partial charge < -0.3 is 18.9 Å². The fourth-order valence-electron chi connectivity index (χ4n) is 3.49. The van der Waals surface area contributed by atoms with Crippen LogP contribution in [0.5, 0.6) is 11.5 Å². The number of rotatable bonds is 10. The van der Waals surface area contributed by atoms with Crippen molar-refractivity contribution >= 4 is 22.7 Å². The van der Waals surface area contributed by atoms with Crippen LogP contribution in [-0.2, 0) is 22.6 Å². The summed E-state index contributed by atoms with van der Waals surface area (Å²) < 4.78 is 22.9. The zero-order valence-corrected chi connectivity index (χ0v) is 18.5. The van der Waals surface area contributed by atoms with Gasteiger partial charge in [-0.2, -0.15) is 0 Å². The first-order valence-corrected chi connectivity index (χ1v) is 12.1. The molecule has 2 saturated heterocycles. The van der Waals surface area contributed by atoms with E-state index < -0.39 is 0 Å². The largest absolute Gasteiger partial charge is 0.492 e. The molecule has 160 valence electrons. The van der Waals surface area contributed by atoms with Crippen LogP contribution in [0.1, 0.15) is 16.2 Å². The highest BCUT2D eigenvalue weighted by Gasteiger charge is 2.16. The van der Waals surface area contributed by atoms with Gasteiger partial charge in [0.25, 0.3) is 0 Å². The lowest BCUT2D eigenvalue weighted by Gasteiger charge is -2.26. The molecule has 29 heavy (non-hydrogen) atoms. The van der Waals surface area contributed by atoms with Crippen LogP contribution in [-0.4, -0.2) is 75.6 Å². The minimum absolute atomic E-state index is 0.676. The van der Waals surface area contributed by atoms with Crippen molar-refractivity contribution in [2.75, 3.05) is 65.8 Å². The number of morpholine rings is 2. The van der Waals surface area contributed by atoms with Crippen LogP contribution < -0.4 is 9.47 Å². The van der Waals surface area contributed by atoms with Crippen molar-refractivity contribution in [2.45, 2.75) is 19.5 Å². The van der Waals surface area contributed by atoms with E-state index in [-0.39, 0.29) is 0 Å². The predicted octanol–water partition coefficient (Wildman–Crippen LogP) is 3.32. The zero-order chi connectivity index (χ0) is 19.7. The highest BCUT2D eigenvalue weighted by Crippen LogP contribution is 2.28. The van der Waals surface area contributed by atoms with Crippen molar-refractivity contribution in [3.05, 3.63) is 32.6 Å². The average molecular weight is 439 g/mol. The van der Waals surface area contributed by atoms with Crippen LogP contribution in [0.3, 0.4) is 0 Å². The van der Waals surface area contributed by atoms with Gasteiger partial charge in [0.1, 0.15) is 11.5 Å². The van der Waals surface area contributed by atoms with Gasteiger partial charge in [0, 0.05) is 45.7 Å². The van der Waals surface area contributed by atoms with Crippen molar-refractivity contribution in [2.24, 2.45) is 0 Å². The second kappa shape index (κ2) is 11.3. The Morgan fingerprint density at radius 2 is 1.17 bits per heavy atom. The third kappa shape index (κ3) is 6.41. The summed E-state index contributed by atoms with van der Waals surface area (Å²) in [6.45, 7) is 10.6. The molecular weight excluding hydrogens is 408 g/mol. The van der Waals surface area contributed by atoms with Crippen LogP contribution in [0, 0.1) is 0 Å². The Kier molecular flexibility index (Phi) is 8.21. The first-order valence-electron chi connectivity index (χ1n) is 10.4. The van der Waals surface area contributed by atoms with Gasteiger partial charge in [-0.1, -0.05) is 0 Å². The number of ether oxygens (including phenoxy) is 4. The van der Waals surface area contributed by atoms with Gasteiger partial charge in [-0.15, -0.1) is 22.7 Å². The third-order valence-electron chi connectivity index (χ3n) is 5.15. The molecule has 0 aromatic carbocycles. The minimum Gasteiger partial charge on any atom is -0.492 e. The van der Waals surface area contributed by atoms with E-state index in [1.165, 1.54) is 9.75 Å². The highest BCUT2D eigenvalue weighted by atomic mass is 32.1. The Morgan fingerprint density at radius 3 is 1.62 bits per heavy atom. The number of hydrogen-bond acceptors (Lipinski definition) is 8. The summed E-state index contributed by atoms with van der Waals surface area (Å²) in [6, 6.07) is 4.17. The smallest absolute Gasteiger partial charge is 0.134 e. The molecule has 2 fully saturated rings. The van der Waals surface area contributed by atoms with E-state index in [1.54, 1.807) is 22.7 Å². The van der Waals surface area contributed by atoms with Crippen LogP contribution in [0.15, 0.2) is 22.9 Å². The maximum atomic E-state index is 6.04. The maximum Gasteiger partial charge on any atom is 0.134 e. The quantitative estimate of drug-likeness (QED) is 0.530. The van der Waals surface area contributed by atoms with E-state index in [4.69, 9.17) is 18.9 Å². The van der Waals surface area contributed by atoms with Crippen molar-refractivity contribution < 1.29 is 18.9 Å². The third-order valence-corrected chi connectivity index (χ3v) is 6.93. The lowest BCUT2D eigenvalue weighted by Crippen LogP contribution is -2.35. The lowest BCUT2D eigenvalue weighted by atomic mass is 10.3. The Labute approximate surface area is 180 Å². The molecule has 2 aromatic rings. The van der Waals surface area contributed by atoms with E-state index in [0.29, 0.717) is 13.2 Å². The molecule has 2 aromatic heterocycles. The molecule has 2 aliphatic rings. The SMILES string of the molecule is c1cc(OCCCOc2ccsc2CN2CCOCC2)c(CN2CCOCC2)s1. The standard InChI is InChI=1S/C21H30N2O4S2/c1(8-26-18-2-14-28-20(18)16-22-4-10-24-11-5-22)9-27-19-3-15-29-21(19)17-23-6-12-25-13-7-23/h2-3,14-15H,1,4-13,16-17H2. The van der Waals surface area contributed by atoms with Gasteiger partial charge in [-0.25, -0.2) is 0 Å². The molecule has 6 nitrogen and oxygen atoms in total. The Hall–Kier alpha value is -1.16. The molecule has 0 spiro atoms. The summed E-state index contributed by atoms with van der Waals surface area (Å²) in [4.78, 5) is 7.47. The molecule has 8 heteroatoms. The van der Waals surface area contributed by atoms with Gasteiger partial charge >= 0.3 is 0 Å². The average Bonchev–Trinajstić information content (AvgIpc) is 3.39. The normalized spacial score (nSPS) is 18.8. The molecule has 2 aliphatic heterocycles. The van der Waals surface area contributed by atoms with Crippen molar-refractivity contribution in [1.82, 2.24) is 9.80 Å². The molecule has 0 aliphatic carbocycles. The van der Waals surface area contributed by atoms with E-state index >= 15 is 0 Å². The first kappa shape index (κ1) is 21.1. The molecule has 4 rings (SSSR count). The van der Waals surface area contributed by atoms with E-state index in [9.17, 15) is 0 Å². The zero-order valence-electron chi connectivity index (χ0n) is 16.8. The topological polar surface area (TPSA) is 43.4 Å². The van der Waals surface area contributed by atoms with Crippen LogP contribution in [0.4, 0.5) is 0 Å². The second-order valence-electron chi connectivity index (χ2n) is 7.24. The van der Waals surface area contributed by atoms with Crippen molar-refractivity contribution in [1.29, 1.82) is 0 Å². The Morgan fingerprint density at radius 1 is 0.724 bits per heavy atom. The summed E-state index contributed by atoms with van der Waals surface area (Å²) in [5.41, 5.74) is 0. The number of nitrogens with zero attached hydrogens (tertiary/aromatic N) is 2. The summed E-state index contributed by atoms with van der Waals surface area (Å²) >= 11 is 3.55. The van der Waals surface area contributed by atoms with Crippen LogP contribution >= 0.6 is 22.7 Å². The molecule has 0 radical (unpaired) electrons. The van der Waals surface area contributed by atoms with Gasteiger partial charge in [0.15, 0.2) is 0 Å². The van der Waals surface area contributed by atoms with E-state index in [1.807, 2.05) is 0 Å². The summed E-state index contributed by atoms with van der Waals surface area (Å²) in [5.74, 6) is 2.04. The van der Waals surface area contributed by atoms with Gasteiger partial charge in [-0.05, 0) is 22.9 Å². The fourth-order valence-corrected chi connectivity index (χ4v) is 5.21. The monoisotopic (exact) mass is 438 g/mol. The molecule has 0 bridgehead atoms. The lowest BCUT2D eigenvalue weighted by molar-refractivity contribution is 0.0342. The predicted molar refractivity (Wildman–Crippen MR) is 116 cm³/mol. The van der Waals surface area contributed by atoms with Gasteiger partial charge in [0.05, 0.1) is 49.4 Å². The summed E-state index contributed by atoms with van der Waals surface area (Å²) in [6.07, 6.45) is 0.875. The summed E-state index contributed by atoms with van der Waals surface area (Å²) in [5, 5.41) is 4.23. The second-order valence-corrected chi connectivity index (χ2v) is 9.24. The van der Waals surface area contributed by atoms with E-state index in [2.05, 4.69) is 32.7 Å². The van der Waals surface area contributed by atoms with E-state index in [0.717, 1.165) is 83.6 Å². The Bertz CT molecular complexity index is 664. The highest BCUT2D eigenvalue weighted by molar-refractivity contribution is 7.10.